The first-order chi connectivity index (χ1) is 11.1. The number of oxazole rings is 1. The van der Waals surface area contributed by atoms with E-state index in [1.807, 2.05) is 49.4 Å². The topological polar surface area (TPSA) is 52.3 Å². The van der Waals surface area contributed by atoms with Gasteiger partial charge in [-0.2, -0.15) is 0 Å². The predicted molar refractivity (Wildman–Crippen MR) is 87.2 cm³/mol. The van der Waals surface area contributed by atoms with Crippen molar-refractivity contribution >= 4 is 5.97 Å². The van der Waals surface area contributed by atoms with Gasteiger partial charge in [-0.05, 0) is 38.1 Å². The van der Waals surface area contributed by atoms with Crippen molar-refractivity contribution in [3.63, 3.8) is 0 Å². The van der Waals surface area contributed by atoms with E-state index in [0.717, 1.165) is 11.1 Å². The van der Waals surface area contributed by atoms with Crippen molar-refractivity contribution in [2.24, 2.45) is 0 Å². The Morgan fingerprint density at radius 1 is 1.04 bits per heavy atom. The van der Waals surface area contributed by atoms with Crippen molar-refractivity contribution in [2.45, 2.75) is 20.3 Å². The summed E-state index contributed by atoms with van der Waals surface area (Å²) < 4.78 is 11.0. The molecule has 0 aliphatic carbocycles. The van der Waals surface area contributed by atoms with Gasteiger partial charge in [0.25, 0.3) is 0 Å². The Morgan fingerprint density at radius 3 is 2.43 bits per heavy atom. The number of esters is 1. The van der Waals surface area contributed by atoms with Crippen molar-refractivity contribution in [3.05, 3.63) is 71.6 Å². The summed E-state index contributed by atoms with van der Waals surface area (Å²) >= 11 is 0. The summed E-state index contributed by atoms with van der Waals surface area (Å²) in [5.74, 6) is 1.32. The minimum Gasteiger partial charge on any atom is -0.441 e. The summed E-state index contributed by atoms with van der Waals surface area (Å²) in [6.45, 7) is 3.78. The maximum Gasteiger partial charge on any atom is 0.317 e. The van der Waals surface area contributed by atoms with Gasteiger partial charge >= 0.3 is 5.97 Å². The fourth-order valence-corrected chi connectivity index (χ4v) is 2.21. The summed E-state index contributed by atoms with van der Waals surface area (Å²) in [5, 5.41) is 0. The molecule has 0 unspecified atom stereocenters. The highest BCUT2D eigenvalue weighted by Crippen LogP contribution is 2.22. The number of benzene rings is 2. The van der Waals surface area contributed by atoms with Crippen LogP contribution in [0.5, 0.6) is 5.75 Å². The third kappa shape index (κ3) is 3.66. The van der Waals surface area contributed by atoms with Crippen molar-refractivity contribution < 1.29 is 13.9 Å². The van der Waals surface area contributed by atoms with E-state index >= 15 is 0 Å². The summed E-state index contributed by atoms with van der Waals surface area (Å²) in [7, 11) is 0. The minimum atomic E-state index is -0.357. The van der Waals surface area contributed by atoms with Gasteiger partial charge in [-0.25, -0.2) is 4.98 Å². The van der Waals surface area contributed by atoms with Gasteiger partial charge < -0.3 is 9.15 Å². The van der Waals surface area contributed by atoms with Crippen LogP contribution in [0.4, 0.5) is 0 Å². The second kappa shape index (κ2) is 6.48. The van der Waals surface area contributed by atoms with E-state index in [-0.39, 0.29) is 12.4 Å². The Kier molecular flexibility index (Phi) is 4.24. The zero-order valence-corrected chi connectivity index (χ0v) is 13.1. The molecule has 23 heavy (non-hydrogen) atoms. The summed E-state index contributed by atoms with van der Waals surface area (Å²) in [4.78, 5) is 16.5. The van der Waals surface area contributed by atoms with Crippen molar-refractivity contribution in [1.29, 1.82) is 0 Å². The summed E-state index contributed by atoms with van der Waals surface area (Å²) in [5.41, 5.74) is 2.60. The normalized spacial score (nSPS) is 10.5. The first-order valence-electron chi connectivity index (χ1n) is 7.41. The SMILES string of the molecule is Cc1ccc(OC(=O)Cc2nc(-c3ccccc3)oc2C)cc1. The number of carbonyl (C=O) groups excluding carboxylic acids is 1. The third-order valence-electron chi connectivity index (χ3n) is 3.48. The molecule has 0 bridgehead atoms. The Bertz CT molecular complexity index is 804. The molecular formula is C19H17NO3. The molecule has 0 radical (unpaired) electrons. The molecule has 0 N–H and O–H groups in total. The molecule has 116 valence electrons. The number of hydrogen-bond acceptors (Lipinski definition) is 4. The number of nitrogens with zero attached hydrogens (tertiary/aromatic N) is 1. The van der Waals surface area contributed by atoms with Crippen LogP contribution < -0.4 is 4.74 Å². The van der Waals surface area contributed by atoms with Gasteiger partial charge in [0, 0.05) is 5.56 Å². The van der Waals surface area contributed by atoms with Gasteiger partial charge in [-0.15, -0.1) is 0 Å². The molecule has 0 saturated heterocycles. The van der Waals surface area contributed by atoms with Crippen molar-refractivity contribution in [3.8, 4) is 17.2 Å². The lowest BCUT2D eigenvalue weighted by molar-refractivity contribution is -0.133. The highest BCUT2D eigenvalue weighted by Gasteiger charge is 2.15. The van der Waals surface area contributed by atoms with Crippen molar-refractivity contribution in [1.82, 2.24) is 4.98 Å². The van der Waals surface area contributed by atoms with Crippen LogP contribution in [-0.2, 0) is 11.2 Å². The van der Waals surface area contributed by atoms with Gasteiger partial charge in [0.1, 0.15) is 11.5 Å². The molecule has 2 aromatic carbocycles. The molecule has 1 aromatic heterocycles. The second-order valence-electron chi connectivity index (χ2n) is 5.35. The zero-order valence-electron chi connectivity index (χ0n) is 13.1. The average molecular weight is 307 g/mol. The smallest absolute Gasteiger partial charge is 0.317 e. The van der Waals surface area contributed by atoms with Crippen LogP contribution in [0, 0.1) is 13.8 Å². The first-order valence-corrected chi connectivity index (χ1v) is 7.41. The number of aromatic nitrogens is 1. The number of aryl methyl sites for hydroxylation is 2. The lowest BCUT2D eigenvalue weighted by Gasteiger charge is -2.03. The van der Waals surface area contributed by atoms with E-state index in [2.05, 4.69) is 4.98 Å². The molecule has 0 fully saturated rings. The van der Waals surface area contributed by atoms with Crippen LogP contribution in [0.15, 0.2) is 59.0 Å². The van der Waals surface area contributed by atoms with Crippen LogP contribution in [0.25, 0.3) is 11.5 Å². The van der Waals surface area contributed by atoms with Crippen LogP contribution in [0.2, 0.25) is 0 Å². The van der Waals surface area contributed by atoms with E-state index in [1.165, 1.54) is 0 Å². The van der Waals surface area contributed by atoms with Crippen molar-refractivity contribution in [2.75, 3.05) is 0 Å². The molecule has 3 aromatic rings. The Morgan fingerprint density at radius 2 is 1.74 bits per heavy atom. The predicted octanol–water partition coefficient (Wildman–Crippen LogP) is 4.11. The standard InChI is InChI=1S/C19H17NO3/c1-13-8-10-16(11-9-13)23-18(21)12-17-14(2)22-19(20-17)15-6-4-3-5-7-15/h3-11H,12H2,1-2H3. The lowest BCUT2D eigenvalue weighted by atomic mass is 10.2. The van der Waals surface area contributed by atoms with Gasteiger partial charge in [0.2, 0.25) is 5.89 Å². The van der Waals surface area contributed by atoms with Crippen LogP contribution in [0.3, 0.4) is 0 Å². The molecule has 0 saturated carbocycles. The molecule has 4 nitrogen and oxygen atoms in total. The van der Waals surface area contributed by atoms with E-state index in [4.69, 9.17) is 9.15 Å². The molecular weight excluding hydrogens is 290 g/mol. The fourth-order valence-electron chi connectivity index (χ4n) is 2.21. The van der Waals surface area contributed by atoms with Crippen LogP contribution in [-0.4, -0.2) is 11.0 Å². The highest BCUT2D eigenvalue weighted by atomic mass is 16.5. The highest BCUT2D eigenvalue weighted by molar-refractivity contribution is 5.75. The maximum atomic E-state index is 12.1. The lowest BCUT2D eigenvalue weighted by Crippen LogP contribution is -2.12. The molecule has 0 atom stereocenters. The Balaban J connectivity index is 1.71. The average Bonchev–Trinajstić information content (AvgIpc) is 2.91. The number of rotatable bonds is 4. The monoisotopic (exact) mass is 307 g/mol. The van der Waals surface area contributed by atoms with Crippen LogP contribution in [0.1, 0.15) is 17.0 Å². The molecule has 0 amide bonds. The minimum absolute atomic E-state index is 0.0794. The maximum absolute atomic E-state index is 12.1. The Labute approximate surface area is 134 Å². The molecule has 0 spiro atoms. The largest absolute Gasteiger partial charge is 0.441 e. The zero-order chi connectivity index (χ0) is 16.2. The quantitative estimate of drug-likeness (QED) is 0.538. The van der Waals surface area contributed by atoms with E-state index < -0.39 is 0 Å². The number of carbonyl (C=O) groups is 1. The van der Waals surface area contributed by atoms with Gasteiger partial charge in [-0.1, -0.05) is 35.9 Å². The number of ether oxygens (including phenoxy) is 1. The van der Waals surface area contributed by atoms with E-state index in [9.17, 15) is 4.79 Å². The van der Waals surface area contributed by atoms with Gasteiger partial charge in [-0.3, -0.25) is 4.79 Å². The fraction of sp³-hybridized carbons (Fsp3) is 0.158. The Hall–Kier alpha value is -2.88. The second-order valence-corrected chi connectivity index (χ2v) is 5.35. The number of hydrogen-bond donors (Lipinski definition) is 0. The van der Waals surface area contributed by atoms with Crippen LogP contribution >= 0.6 is 0 Å². The van der Waals surface area contributed by atoms with E-state index in [1.54, 1.807) is 19.1 Å². The third-order valence-corrected chi connectivity index (χ3v) is 3.48. The molecule has 3 rings (SSSR count). The molecule has 1 heterocycles. The molecule has 0 aliphatic rings. The first kappa shape index (κ1) is 15.0. The van der Waals surface area contributed by atoms with E-state index in [0.29, 0.717) is 23.1 Å². The van der Waals surface area contributed by atoms with Gasteiger partial charge in [0.15, 0.2) is 0 Å². The molecule has 0 aliphatic heterocycles. The molecule has 4 heteroatoms. The van der Waals surface area contributed by atoms with Gasteiger partial charge in [0.05, 0.1) is 12.1 Å². The summed E-state index contributed by atoms with van der Waals surface area (Å²) in [6, 6.07) is 16.9. The summed E-state index contributed by atoms with van der Waals surface area (Å²) in [6.07, 6.45) is 0.0794.